The van der Waals surface area contributed by atoms with E-state index in [0.29, 0.717) is 5.56 Å². The van der Waals surface area contributed by atoms with E-state index < -0.39 is 12.6 Å². The van der Waals surface area contributed by atoms with Gasteiger partial charge < -0.3 is 9.30 Å². The highest BCUT2D eigenvalue weighted by molar-refractivity contribution is 6.02. The van der Waals surface area contributed by atoms with Crippen LogP contribution >= 0.6 is 0 Å². The van der Waals surface area contributed by atoms with Crippen LogP contribution in [0.2, 0.25) is 0 Å². The summed E-state index contributed by atoms with van der Waals surface area (Å²) in [6, 6.07) is 11.0. The first kappa shape index (κ1) is 21.2. The number of nitrogens with zero attached hydrogens (tertiary/aromatic N) is 2. The first-order valence-electron chi connectivity index (χ1n) is 9.49. The van der Waals surface area contributed by atoms with Crippen LogP contribution in [0.4, 0.5) is 0 Å². The Morgan fingerprint density at radius 2 is 1.86 bits per heavy atom. The molecule has 0 atom stereocenters. The summed E-state index contributed by atoms with van der Waals surface area (Å²) in [6.07, 6.45) is 3.41. The Bertz CT molecular complexity index is 928. The number of ether oxygens (including phenoxy) is 1. The first-order valence-corrected chi connectivity index (χ1v) is 9.49. The smallest absolute Gasteiger partial charge is 0.349 e. The summed E-state index contributed by atoms with van der Waals surface area (Å²) in [6.45, 7) is 8.57. The van der Waals surface area contributed by atoms with Gasteiger partial charge in [-0.3, -0.25) is 4.79 Å². The van der Waals surface area contributed by atoms with E-state index in [1.807, 2.05) is 45.0 Å². The summed E-state index contributed by atoms with van der Waals surface area (Å²) in [5.74, 6) is -1.09. The van der Waals surface area contributed by atoms with Crippen molar-refractivity contribution in [3.05, 3.63) is 64.0 Å². The molecule has 0 bridgehead atoms. The zero-order valence-electron chi connectivity index (χ0n) is 16.9. The van der Waals surface area contributed by atoms with E-state index >= 15 is 0 Å². The molecule has 28 heavy (non-hydrogen) atoms. The fourth-order valence-electron chi connectivity index (χ4n) is 3.05. The molecule has 0 aliphatic heterocycles. The maximum atomic E-state index is 12.3. The minimum absolute atomic E-state index is 0.120. The van der Waals surface area contributed by atoms with Crippen molar-refractivity contribution in [1.82, 2.24) is 4.57 Å². The second-order valence-corrected chi connectivity index (χ2v) is 6.70. The number of carbonyl (C=O) groups is 2. The molecule has 2 aromatic rings. The molecule has 0 saturated carbocycles. The summed E-state index contributed by atoms with van der Waals surface area (Å²) < 4.78 is 7.23. The van der Waals surface area contributed by atoms with Gasteiger partial charge in [-0.25, -0.2) is 4.79 Å². The Labute approximate surface area is 166 Å². The van der Waals surface area contributed by atoms with Gasteiger partial charge in [-0.15, -0.1) is 0 Å². The van der Waals surface area contributed by atoms with Gasteiger partial charge in [0.2, 0.25) is 0 Å². The predicted octanol–water partition coefficient (Wildman–Crippen LogP) is 4.41. The van der Waals surface area contributed by atoms with Gasteiger partial charge in [0.05, 0.1) is 0 Å². The molecule has 0 spiro atoms. The molecule has 1 heterocycles. The van der Waals surface area contributed by atoms with Crippen LogP contribution in [0, 0.1) is 25.2 Å². The summed E-state index contributed by atoms with van der Waals surface area (Å²) in [5, 5.41) is 9.36. The molecule has 0 aliphatic rings. The highest BCUT2D eigenvalue weighted by Gasteiger charge is 2.16. The molecule has 146 valence electrons. The normalized spacial score (nSPS) is 11.2. The average molecular weight is 378 g/mol. The van der Waals surface area contributed by atoms with Crippen LogP contribution in [-0.4, -0.2) is 22.9 Å². The van der Waals surface area contributed by atoms with Gasteiger partial charge in [-0.05, 0) is 50.0 Å². The van der Waals surface area contributed by atoms with Crippen molar-refractivity contribution in [3.8, 4) is 6.07 Å². The van der Waals surface area contributed by atoms with Crippen LogP contribution in [-0.2, 0) is 22.5 Å². The first-order chi connectivity index (χ1) is 13.4. The molecule has 1 aromatic carbocycles. The van der Waals surface area contributed by atoms with Gasteiger partial charge in [-0.1, -0.05) is 38.1 Å². The molecular weight excluding hydrogens is 352 g/mol. The molecular formula is C23H26N2O3. The van der Waals surface area contributed by atoms with Crippen molar-refractivity contribution < 1.29 is 14.3 Å². The van der Waals surface area contributed by atoms with Crippen molar-refractivity contribution in [2.45, 2.75) is 47.1 Å². The van der Waals surface area contributed by atoms with Crippen molar-refractivity contribution in [1.29, 1.82) is 5.26 Å². The maximum absolute atomic E-state index is 12.3. The van der Waals surface area contributed by atoms with Crippen LogP contribution in [0.5, 0.6) is 0 Å². The number of hydrogen-bond donors (Lipinski definition) is 0. The van der Waals surface area contributed by atoms with Gasteiger partial charge >= 0.3 is 5.97 Å². The summed E-state index contributed by atoms with van der Waals surface area (Å²) >= 11 is 0. The number of esters is 1. The zero-order chi connectivity index (χ0) is 20.7. The van der Waals surface area contributed by atoms with Crippen LogP contribution in [0.25, 0.3) is 6.08 Å². The molecule has 0 fully saturated rings. The van der Waals surface area contributed by atoms with E-state index in [2.05, 4.69) is 11.5 Å². The highest BCUT2D eigenvalue weighted by atomic mass is 16.5. The van der Waals surface area contributed by atoms with Crippen LogP contribution < -0.4 is 0 Å². The molecule has 0 N–H and O–H groups in total. The number of ketones is 1. The van der Waals surface area contributed by atoms with Crippen molar-refractivity contribution in [3.63, 3.8) is 0 Å². The fraction of sp³-hybridized carbons (Fsp3) is 0.348. The van der Waals surface area contributed by atoms with Crippen LogP contribution in [0.3, 0.4) is 0 Å². The number of benzene rings is 1. The van der Waals surface area contributed by atoms with Gasteiger partial charge in [0.25, 0.3) is 0 Å². The molecule has 0 saturated heterocycles. The van der Waals surface area contributed by atoms with Crippen molar-refractivity contribution >= 4 is 17.8 Å². The Morgan fingerprint density at radius 3 is 2.43 bits per heavy atom. The summed E-state index contributed by atoms with van der Waals surface area (Å²) in [7, 11) is 0. The number of Topliss-reactive ketones (excluding diaryl/α,β-unsaturated/α-hetero) is 1. The lowest BCUT2D eigenvalue weighted by Crippen LogP contribution is -2.15. The lowest BCUT2D eigenvalue weighted by atomic mass is 10.1. The SMILES string of the molecule is CCCn1c(C)cc(C=C(C#N)C(=O)OCC(=O)c2ccc(CC)cc2)c1C. The average Bonchev–Trinajstić information content (AvgIpc) is 2.97. The van der Waals surface area contributed by atoms with E-state index in [-0.39, 0.29) is 11.4 Å². The highest BCUT2D eigenvalue weighted by Crippen LogP contribution is 2.19. The summed E-state index contributed by atoms with van der Waals surface area (Å²) in [5.41, 5.74) is 4.36. The number of nitriles is 1. The Balaban J connectivity index is 2.09. The third kappa shape index (κ3) is 4.98. The lowest BCUT2D eigenvalue weighted by Gasteiger charge is -2.07. The topological polar surface area (TPSA) is 72.1 Å². The van der Waals surface area contributed by atoms with E-state index in [1.165, 1.54) is 6.08 Å². The van der Waals surface area contributed by atoms with E-state index in [4.69, 9.17) is 4.74 Å². The van der Waals surface area contributed by atoms with Crippen molar-refractivity contribution in [2.24, 2.45) is 0 Å². The fourth-order valence-corrected chi connectivity index (χ4v) is 3.05. The third-order valence-corrected chi connectivity index (χ3v) is 4.72. The molecule has 2 rings (SSSR count). The largest absolute Gasteiger partial charge is 0.453 e. The van der Waals surface area contributed by atoms with Gasteiger partial charge in [0, 0.05) is 23.5 Å². The van der Waals surface area contributed by atoms with Gasteiger partial charge in [0.15, 0.2) is 12.4 Å². The second kappa shape index (κ2) is 9.70. The predicted molar refractivity (Wildman–Crippen MR) is 109 cm³/mol. The molecule has 0 amide bonds. The Hall–Kier alpha value is -3.13. The monoisotopic (exact) mass is 378 g/mol. The minimum atomic E-state index is -0.790. The van der Waals surface area contributed by atoms with Gasteiger partial charge in [0.1, 0.15) is 11.6 Å². The van der Waals surface area contributed by atoms with E-state index in [0.717, 1.165) is 41.9 Å². The van der Waals surface area contributed by atoms with Crippen molar-refractivity contribution in [2.75, 3.05) is 6.61 Å². The molecule has 0 radical (unpaired) electrons. The quantitative estimate of drug-likeness (QED) is 0.295. The number of aromatic nitrogens is 1. The summed E-state index contributed by atoms with van der Waals surface area (Å²) in [4.78, 5) is 24.5. The number of hydrogen-bond acceptors (Lipinski definition) is 4. The molecule has 1 aromatic heterocycles. The van der Waals surface area contributed by atoms with E-state index in [1.54, 1.807) is 12.1 Å². The molecule has 5 nitrogen and oxygen atoms in total. The standard InChI is InChI=1S/C23H26N2O3/c1-5-11-25-16(3)12-20(17(25)4)13-21(14-24)23(27)28-15-22(26)19-9-7-18(6-2)8-10-19/h7-10,12-13H,5-6,11,15H2,1-4H3. The Kier molecular flexibility index (Phi) is 7.34. The lowest BCUT2D eigenvalue weighted by molar-refractivity contribution is -0.137. The number of rotatable bonds is 8. The number of carbonyl (C=O) groups excluding carboxylic acids is 2. The minimum Gasteiger partial charge on any atom is -0.453 e. The molecule has 0 aliphatic carbocycles. The molecule has 0 unspecified atom stereocenters. The molecule has 5 heteroatoms. The second-order valence-electron chi connectivity index (χ2n) is 6.70. The third-order valence-electron chi connectivity index (χ3n) is 4.72. The number of aryl methyl sites for hydroxylation is 2. The Morgan fingerprint density at radius 1 is 1.18 bits per heavy atom. The zero-order valence-corrected chi connectivity index (χ0v) is 16.9. The maximum Gasteiger partial charge on any atom is 0.349 e. The van der Waals surface area contributed by atoms with Crippen LogP contribution in [0.15, 0.2) is 35.9 Å². The van der Waals surface area contributed by atoms with E-state index in [9.17, 15) is 14.9 Å². The van der Waals surface area contributed by atoms with Gasteiger partial charge in [-0.2, -0.15) is 5.26 Å². The van der Waals surface area contributed by atoms with Crippen LogP contribution in [0.1, 0.15) is 53.1 Å².